The third-order valence-electron chi connectivity index (χ3n) is 11.6. The van der Waals surface area contributed by atoms with Crippen molar-refractivity contribution in [1.82, 2.24) is 47.5 Å². The molecule has 406 valence electrons. The fraction of sp³-hybridized carbons (Fsp3) is 0.510. The number of nitrogens with two attached hydrogens (primary N) is 2. The van der Waals surface area contributed by atoms with Gasteiger partial charge in [0.1, 0.15) is 54.1 Å². The zero-order valence-electron chi connectivity index (χ0n) is 42.2. The summed E-state index contributed by atoms with van der Waals surface area (Å²) in [6.45, 7) is 7.61. The van der Waals surface area contributed by atoms with Crippen molar-refractivity contribution in [3.8, 4) is 5.75 Å². The van der Waals surface area contributed by atoms with Crippen molar-refractivity contribution in [2.75, 3.05) is 13.2 Å². The third kappa shape index (κ3) is 19.4. The first kappa shape index (κ1) is 60.7. The number of phenols is 1. The molecule has 9 atom stereocenters. The molecule has 1 aromatic heterocycles. The van der Waals surface area contributed by atoms with Gasteiger partial charge in [-0.05, 0) is 80.7 Å². The lowest BCUT2D eigenvalue weighted by Crippen LogP contribution is -2.60. The van der Waals surface area contributed by atoms with Crippen molar-refractivity contribution in [2.45, 2.75) is 134 Å². The number of phenolic OH excluding ortho intramolecular Hbond substituents is 1. The van der Waals surface area contributed by atoms with Crippen molar-refractivity contribution >= 4 is 70.0 Å². The fourth-order valence-corrected chi connectivity index (χ4v) is 7.50. The highest BCUT2D eigenvalue weighted by atomic mass is 16.4. The van der Waals surface area contributed by atoms with Crippen LogP contribution in [-0.4, -0.2) is 152 Å². The molecule has 9 amide bonds. The van der Waals surface area contributed by atoms with Crippen LogP contribution < -0.4 is 54.0 Å². The molecule has 25 heteroatoms. The molecule has 0 fully saturated rings. The molecule has 0 saturated carbocycles. The number of H-pyrrole nitrogens is 1. The summed E-state index contributed by atoms with van der Waals surface area (Å²) in [5.41, 5.74) is 13.6. The number of hydrogen-bond donors (Lipinski definition) is 15. The average molecular weight is 1040 g/mol. The Labute approximate surface area is 427 Å². The molecule has 0 aliphatic carbocycles. The fourth-order valence-electron chi connectivity index (χ4n) is 7.50. The van der Waals surface area contributed by atoms with Crippen LogP contribution in [0.25, 0.3) is 10.9 Å². The van der Waals surface area contributed by atoms with Crippen LogP contribution >= 0.6 is 0 Å². The Bertz CT molecular complexity index is 2450. The van der Waals surface area contributed by atoms with Crippen LogP contribution in [0.15, 0.2) is 54.7 Å². The molecule has 0 aliphatic heterocycles. The summed E-state index contributed by atoms with van der Waals surface area (Å²) < 4.78 is 0. The van der Waals surface area contributed by atoms with E-state index in [0.717, 1.165) is 16.5 Å². The number of hydrogen-bond acceptors (Lipinski definition) is 14. The minimum absolute atomic E-state index is 0.00891. The van der Waals surface area contributed by atoms with Gasteiger partial charge in [0.05, 0.1) is 19.3 Å². The summed E-state index contributed by atoms with van der Waals surface area (Å²) in [4.78, 5) is 134. The number of carbonyl (C=O) groups is 10. The van der Waals surface area contributed by atoms with Crippen LogP contribution in [0.3, 0.4) is 0 Å². The predicted molar refractivity (Wildman–Crippen MR) is 268 cm³/mol. The number of fused-ring (bicyclic) bond motifs is 1. The number of carboxylic acids is 1. The Morgan fingerprint density at radius 2 is 0.973 bits per heavy atom. The van der Waals surface area contributed by atoms with E-state index in [1.54, 1.807) is 33.9 Å². The van der Waals surface area contributed by atoms with E-state index in [4.69, 9.17) is 11.5 Å². The van der Waals surface area contributed by atoms with Gasteiger partial charge >= 0.3 is 5.97 Å². The maximum Gasteiger partial charge on any atom is 0.326 e. The smallest absolute Gasteiger partial charge is 0.326 e. The number of benzene rings is 2. The molecule has 0 spiro atoms. The molecule has 17 N–H and O–H groups in total. The number of aliphatic hydroxyl groups is 2. The highest BCUT2D eigenvalue weighted by Gasteiger charge is 2.34. The Hall–Kier alpha value is -7.64. The molecule has 25 nitrogen and oxygen atoms in total. The molecule has 3 rings (SSSR count). The van der Waals surface area contributed by atoms with Gasteiger partial charge in [0, 0.05) is 29.9 Å². The minimum atomic E-state index is -1.66. The molecule has 1 heterocycles. The van der Waals surface area contributed by atoms with Crippen LogP contribution in [0.1, 0.15) is 78.4 Å². The van der Waals surface area contributed by atoms with Gasteiger partial charge in [-0.15, -0.1) is 0 Å². The molecular weight excluding hydrogens is 967 g/mol. The van der Waals surface area contributed by atoms with Gasteiger partial charge < -0.3 is 79.4 Å². The third-order valence-corrected chi connectivity index (χ3v) is 11.6. The largest absolute Gasteiger partial charge is 0.508 e. The number of aromatic hydroxyl groups is 1. The average Bonchev–Trinajstić information content (AvgIpc) is 3.74. The summed E-state index contributed by atoms with van der Waals surface area (Å²) in [7, 11) is 0. The second-order valence-corrected chi connectivity index (χ2v) is 18.8. The number of aromatic nitrogens is 1. The Balaban J connectivity index is 1.62. The van der Waals surface area contributed by atoms with E-state index >= 15 is 0 Å². The highest BCUT2D eigenvalue weighted by molar-refractivity contribution is 5.98. The first-order valence-corrected chi connectivity index (χ1v) is 24.1. The second kappa shape index (κ2) is 29.2. The molecule has 2 aromatic carbocycles. The Kier molecular flexibility index (Phi) is 23.9. The maximum atomic E-state index is 13.6. The van der Waals surface area contributed by atoms with Gasteiger partial charge in [-0.3, -0.25) is 43.2 Å². The van der Waals surface area contributed by atoms with Crippen molar-refractivity contribution in [1.29, 1.82) is 0 Å². The van der Waals surface area contributed by atoms with E-state index < -0.39 is 127 Å². The Morgan fingerprint density at radius 1 is 0.541 bits per heavy atom. The van der Waals surface area contributed by atoms with Gasteiger partial charge in [-0.2, -0.15) is 0 Å². The van der Waals surface area contributed by atoms with Gasteiger partial charge in [0.2, 0.25) is 53.2 Å². The molecule has 0 unspecified atom stereocenters. The van der Waals surface area contributed by atoms with Crippen molar-refractivity contribution in [2.24, 2.45) is 23.3 Å². The molecule has 74 heavy (non-hydrogen) atoms. The van der Waals surface area contributed by atoms with E-state index in [1.807, 2.05) is 24.3 Å². The zero-order valence-corrected chi connectivity index (χ0v) is 42.2. The summed E-state index contributed by atoms with van der Waals surface area (Å²) in [6, 6.07) is 0.334. The van der Waals surface area contributed by atoms with Crippen LogP contribution in [0.4, 0.5) is 0 Å². The molecule has 0 bridgehead atoms. The van der Waals surface area contributed by atoms with Crippen LogP contribution in [0.5, 0.6) is 5.75 Å². The number of carbonyl (C=O) groups excluding carboxylic acids is 9. The monoisotopic (exact) mass is 1040 g/mol. The summed E-state index contributed by atoms with van der Waals surface area (Å²) >= 11 is 0. The maximum absolute atomic E-state index is 13.6. The van der Waals surface area contributed by atoms with E-state index in [2.05, 4.69) is 47.5 Å². The van der Waals surface area contributed by atoms with Crippen LogP contribution in [-0.2, 0) is 60.8 Å². The predicted octanol–water partition coefficient (Wildman–Crippen LogP) is -2.67. The number of nitrogens with one attached hydrogen (secondary N) is 9. The molecule has 0 aliphatic rings. The van der Waals surface area contributed by atoms with Crippen molar-refractivity contribution in [3.05, 3.63) is 65.9 Å². The number of aliphatic carboxylic acids is 1. The van der Waals surface area contributed by atoms with E-state index in [0.29, 0.717) is 5.56 Å². The number of amides is 9. The number of aromatic amines is 1. The number of aliphatic hydroxyl groups excluding tert-OH is 2. The molecule has 0 radical (unpaired) electrons. The Morgan fingerprint density at radius 3 is 1.47 bits per heavy atom. The second-order valence-electron chi connectivity index (χ2n) is 18.8. The van der Waals surface area contributed by atoms with Gasteiger partial charge in [-0.25, -0.2) is 4.79 Å². The summed E-state index contributed by atoms with van der Waals surface area (Å²) in [6.07, 6.45) is 1.09. The standard InChI is InChI=1S/C49H71N11O14/c1-24(2)17-35(45(69)54-26(5)41(65)56-36(18-25(3)4)46(70)60-39(23-62)48(72)58-37(49(73)74)19-28-11-13-30(63)14-12-28)57-47(71)38(22-61)59-42(66)27(6)53-44(68)34(15-16-40(51)64)55-43(67)32(50)20-29-21-52-33-10-8-7-9-31(29)33/h7-14,21,24-27,32,34-39,52,61-63H,15-20,22-23,50H2,1-6H3,(H2,51,64)(H,53,68)(H,54,69)(H,55,67)(H,56,65)(H,57,71)(H,58,72)(H,59,66)(H,60,70)(H,73,74)/t26-,27-,32-,34-,35-,36-,37-,38-,39-/m0/s1. The summed E-state index contributed by atoms with van der Waals surface area (Å²) in [5, 5.41) is 59.6. The lowest BCUT2D eigenvalue weighted by molar-refractivity contribution is -0.142. The topological polar surface area (TPSA) is 416 Å². The lowest BCUT2D eigenvalue weighted by atomic mass is 10.0. The van der Waals surface area contributed by atoms with E-state index in [9.17, 15) is 68.4 Å². The number of para-hydroxylation sites is 1. The molecular formula is C49H71N11O14. The quantitative estimate of drug-likeness (QED) is 0.0324. The first-order valence-electron chi connectivity index (χ1n) is 24.1. The summed E-state index contributed by atoms with van der Waals surface area (Å²) in [5.74, 6) is -9.92. The van der Waals surface area contributed by atoms with Crippen molar-refractivity contribution < 1.29 is 68.4 Å². The number of carboxylic acid groups (broad SMARTS) is 1. The van der Waals surface area contributed by atoms with E-state index in [1.165, 1.54) is 38.1 Å². The zero-order chi connectivity index (χ0) is 55.4. The molecule has 3 aromatic rings. The van der Waals surface area contributed by atoms with Crippen LogP contribution in [0, 0.1) is 11.8 Å². The van der Waals surface area contributed by atoms with Crippen molar-refractivity contribution in [3.63, 3.8) is 0 Å². The van der Waals surface area contributed by atoms with Gasteiger partial charge in [0.15, 0.2) is 0 Å². The minimum Gasteiger partial charge on any atom is -0.508 e. The first-order chi connectivity index (χ1) is 34.8. The highest BCUT2D eigenvalue weighted by Crippen LogP contribution is 2.19. The molecule has 0 saturated heterocycles. The normalized spacial score (nSPS) is 14.9. The van der Waals surface area contributed by atoms with E-state index in [-0.39, 0.29) is 56.1 Å². The van der Waals surface area contributed by atoms with Crippen LogP contribution in [0.2, 0.25) is 0 Å². The SMILES string of the molecule is CC(C)C[C@H](NC(=O)[C@H](C)NC(=O)[C@H](CC(C)C)NC(=O)[C@H](CO)NC(=O)[C@H](C)NC(=O)[C@H](CCC(N)=O)NC(=O)[C@@H](N)Cc1c[nH]c2ccccc12)C(=O)N[C@@H](CO)C(=O)N[C@@H](Cc1ccc(O)cc1)C(=O)O. The lowest BCUT2D eigenvalue weighted by Gasteiger charge is -2.27. The van der Waals surface area contributed by atoms with Gasteiger partial charge in [-0.1, -0.05) is 58.0 Å². The van der Waals surface area contributed by atoms with Gasteiger partial charge in [0.25, 0.3) is 0 Å². The number of primary amides is 1. The number of rotatable bonds is 30.